The van der Waals surface area contributed by atoms with Crippen molar-refractivity contribution in [3.63, 3.8) is 0 Å². The van der Waals surface area contributed by atoms with Gasteiger partial charge in [-0.3, -0.25) is 0 Å². The topological polar surface area (TPSA) is 9.23 Å². The van der Waals surface area contributed by atoms with Gasteiger partial charge in [-0.2, -0.15) is 0 Å². The maximum absolute atomic E-state index is 5.83. The molecule has 2 aromatic carbocycles. The Balaban J connectivity index is 1.89. The van der Waals surface area contributed by atoms with E-state index in [0.29, 0.717) is 0 Å². The molecular weight excluding hydrogens is 387 g/mol. The molecule has 2 rings (SSSR count). The third-order valence-corrected chi connectivity index (χ3v) is 5.94. The van der Waals surface area contributed by atoms with Gasteiger partial charge in [0.1, 0.15) is 5.75 Å². The van der Waals surface area contributed by atoms with Gasteiger partial charge in [0.05, 0.1) is 6.61 Å². The molecule has 2 aromatic rings. The van der Waals surface area contributed by atoms with Crippen LogP contribution in [0.5, 0.6) is 5.75 Å². The fourth-order valence-electron chi connectivity index (χ4n) is 2.18. The number of hydrogen-bond donors (Lipinski definition) is 0. The summed E-state index contributed by atoms with van der Waals surface area (Å²) >= 11 is 2.33. The summed E-state index contributed by atoms with van der Waals surface area (Å²) in [4.78, 5) is 0. The Bertz CT molecular complexity index is 555. The zero-order valence-electron chi connectivity index (χ0n) is 13.0. The molecule has 112 valence electrons. The van der Waals surface area contributed by atoms with Crippen molar-refractivity contribution in [3.8, 4) is 16.9 Å². The molecule has 0 radical (unpaired) electrons. The number of rotatable bonds is 6. The van der Waals surface area contributed by atoms with Gasteiger partial charge < -0.3 is 4.74 Å². The highest BCUT2D eigenvalue weighted by Crippen LogP contribution is 2.23. The van der Waals surface area contributed by atoms with E-state index < -0.39 is 8.07 Å². The van der Waals surface area contributed by atoms with Gasteiger partial charge >= 0.3 is 0 Å². The van der Waals surface area contributed by atoms with Crippen LogP contribution < -0.4 is 4.74 Å². The third kappa shape index (κ3) is 5.83. The molecule has 0 bridgehead atoms. The van der Waals surface area contributed by atoms with Crippen molar-refractivity contribution in [2.24, 2.45) is 0 Å². The second-order valence-corrected chi connectivity index (χ2v) is 13.4. The maximum Gasteiger partial charge on any atom is 0.119 e. The number of ether oxygens (including phenoxy) is 1. The SMILES string of the molecule is C[Si](C)(C)CCCOc1ccc(-c2ccc(I)cc2)cc1. The average Bonchev–Trinajstić information content (AvgIpc) is 2.44. The van der Waals surface area contributed by atoms with Crippen molar-refractivity contribution in [1.82, 2.24) is 0 Å². The molecule has 0 saturated carbocycles. The van der Waals surface area contributed by atoms with Crippen molar-refractivity contribution in [1.29, 1.82) is 0 Å². The first-order valence-electron chi connectivity index (χ1n) is 7.43. The first-order valence-corrected chi connectivity index (χ1v) is 12.2. The Morgan fingerprint density at radius 2 is 1.38 bits per heavy atom. The molecule has 0 aliphatic carbocycles. The van der Waals surface area contributed by atoms with E-state index in [1.54, 1.807) is 0 Å². The monoisotopic (exact) mass is 410 g/mol. The van der Waals surface area contributed by atoms with Crippen molar-refractivity contribution in [2.75, 3.05) is 6.61 Å². The van der Waals surface area contributed by atoms with Gasteiger partial charge in [-0.1, -0.05) is 50.0 Å². The van der Waals surface area contributed by atoms with Gasteiger partial charge in [0.15, 0.2) is 0 Å². The molecule has 0 spiro atoms. The quantitative estimate of drug-likeness (QED) is 0.319. The van der Waals surface area contributed by atoms with Crippen LogP contribution in [0.4, 0.5) is 0 Å². The summed E-state index contributed by atoms with van der Waals surface area (Å²) in [7, 11) is -0.934. The molecule has 0 unspecified atom stereocenters. The van der Waals surface area contributed by atoms with Crippen molar-refractivity contribution >= 4 is 30.7 Å². The minimum absolute atomic E-state index is 0.827. The van der Waals surface area contributed by atoms with Crippen LogP contribution >= 0.6 is 22.6 Å². The largest absolute Gasteiger partial charge is 0.494 e. The number of hydrogen-bond acceptors (Lipinski definition) is 1. The maximum atomic E-state index is 5.83. The first kappa shape index (κ1) is 16.6. The Labute approximate surface area is 142 Å². The van der Waals surface area contributed by atoms with Crippen molar-refractivity contribution < 1.29 is 4.74 Å². The van der Waals surface area contributed by atoms with Gasteiger partial charge in [-0.05, 0) is 64.4 Å². The second-order valence-electron chi connectivity index (χ2n) is 6.54. The number of halogens is 1. The van der Waals surface area contributed by atoms with E-state index in [-0.39, 0.29) is 0 Å². The van der Waals surface area contributed by atoms with Crippen LogP contribution in [-0.4, -0.2) is 14.7 Å². The first-order chi connectivity index (χ1) is 9.94. The van der Waals surface area contributed by atoms with Crippen molar-refractivity contribution in [3.05, 3.63) is 52.1 Å². The lowest BCUT2D eigenvalue weighted by atomic mass is 10.1. The van der Waals surface area contributed by atoms with E-state index in [0.717, 1.165) is 18.8 Å². The highest BCUT2D eigenvalue weighted by atomic mass is 127. The average molecular weight is 410 g/mol. The van der Waals surface area contributed by atoms with Crippen LogP contribution in [0.3, 0.4) is 0 Å². The Morgan fingerprint density at radius 1 is 0.857 bits per heavy atom. The van der Waals surface area contributed by atoms with Crippen LogP contribution in [-0.2, 0) is 0 Å². The van der Waals surface area contributed by atoms with E-state index in [9.17, 15) is 0 Å². The van der Waals surface area contributed by atoms with E-state index in [1.165, 1.54) is 20.7 Å². The molecule has 0 fully saturated rings. The summed E-state index contributed by atoms with van der Waals surface area (Å²) in [6.07, 6.45) is 1.16. The molecule has 0 atom stereocenters. The van der Waals surface area contributed by atoms with E-state index in [1.807, 2.05) is 0 Å². The zero-order valence-corrected chi connectivity index (χ0v) is 16.2. The molecular formula is C18H23IOSi. The van der Waals surface area contributed by atoms with Gasteiger partial charge in [-0.15, -0.1) is 0 Å². The lowest BCUT2D eigenvalue weighted by Gasteiger charge is -2.15. The lowest BCUT2D eigenvalue weighted by molar-refractivity contribution is 0.317. The summed E-state index contributed by atoms with van der Waals surface area (Å²) < 4.78 is 7.10. The standard InChI is InChI=1S/C18H23IOSi/c1-21(2,3)14-4-13-20-18-11-7-16(8-12-18)15-5-9-17(19)10-6-15/h5-12H,4,13-14H2,1-3H3. The molecule has 0 aromatic heterocycles. The summed E-state index contributed by atoms with van der Waals surface area (Å²) in [6, 6.07) is 18.3. The molecule has 0 aliphatic heterocycles. The van der Waals surface area contributed by atoms with Gasteiger partial charge in [0.2, 0.25) is 0 Å². The molecule has 21 heavy (non-hydrogen) atoms. The lowest BCUT2D eigenvalue weighted by Crippen LogP contribution is -2.19. The predicted molar refractivity (Wildman–Crippen MR) is 103 cm³/mol. The van der Waals surface area contributed by atoms with Gasteiger partial charge in [0, 0.05) is 11.6 Å². The van der Waals surface area contributed by atoms with Crippen molar-refractivity contribution in [2.45, 2.75) is 32.1 Å². The van der Waals surface area contributed by atoms with Crippen LogP contribution in [0, 0.1) is 3.57 Å². The van der Waals surface area contributed by atoms with E-state index >= 15 is 0 Å². The minimum Gasteiger partial charge on any atom is -0.494 e. The zero-order chi connectivity index (χ0) is 15.3. The van der Waals surface area contributed by atoms with Gasteiger partial charge in [-0.25, -0.2) is 0 Å². The molecule has 0 aliphatic rings. The van der Waals surface area contributed by atoms with E-state index in [2.05, 4.69) is 90.8 Å². The second kappa shape index (κ2) is 7.45. The van der Waals surface area contributed by atoms with Crippen LogP contribution in [0.2, 0.25) is 25.7 Å². The summed E-state index contributed by atoms with van der Waals surface area (Å²) in [5.41, 5.74) is 2.49. The van der Waals surface area contributed by atoms with Crippen LogP contribution in [0.25, 0.3) is 11.1 Å². The minimum atomic E-state index is -0.934. The number of benzene rings is 2. The molecule has 0 amide bonds. The molecule has 1 nitrogen and oxygen atoms in total. The molecule has 0 heterocycles. The highest BCUT2D eigenvalue weighted by molar-refractivity contribution is 14.1. The highest BCUT2D eigenvalue weighted by Gasteiger charge is 2.11. The fraction of sp³-hybridized carbons (Fsp3) is 0.333. The summed E-state index contributed by atoms with van der Waals surface area (Å²) in [5, 5.41) is 0. The summed E-state index contributed by atoms with van der Waals surface area (Å²) in [6.45, 7) is 8.04. The molecule has 0 saturated heterocycles. The third-order valence-electron chi connectivity index (χ3n) is 3.37. The summed E-state index contributed by atoms with van der Waals surface area (Å²) in [5.74, 6) is 0.972. The normalized spacial score (nSPS) is 11.4. The molecule has 3 heteroatoms. The Hall–Kier alpha value is -0.813. The van der Waals surface area contributed by atoms with Crippen LogP contribution in [0.15, 0.2) is 48.5 Å². The Kier molecular flexibility index (Phi) is 5.87. The van der Waals surface area contributed by atoms with E-state index in [4.69, 9.17) is 4.74 Å². The van der Waals surface area contributed by atoms with Crippen LogP contribution in [0.1, 0.15) is 6.42 Å². The van der Waals surface area contributed by atoms with Gasteiger partial charge in [0.25, 0.3) is 0 Å². The molecule has 0 N–H and O–H groups in total. The fourth-order valence-corrected chi connectivity index (χ4v) is 3.74. The predicted octanol–water partition coefficient (Wildman–Crippen LogP) is 6.07. The Morgan fingerprint density at radius 3 is 1.90 bits per heavy atom. The smallest absolute Gasteiger partial charge is 0.119 e.